The Morgan fingerprint density at radius 2 is 1.86 bits per heavy atom. The van der Waals surface area contributed by atoms with Gasteiger partial charge in [-0.05, 0) is 89.9 Å². The van der Waals surface area contributed by atoms with Gasteiger partial charge in [-0.3, -0.25) is 4.79 Å². The van der Waals surface area contributed by atoms with Crippen molar-refractivity contribution in [2.24, 2.45) is 5.92 Å². The predicted octanol–water partition coefficient (Wildman–Crippen LogP) is 3.90. The Kier molecular flexibility index (Phi) is 7.20. The van der Waals surface area contributed by atoms with E-state index in [1.807, 2.05) is 35.9 Å². The van der Waals surface area contributed by atoms with E-state index in [4.69, 9.17) is 16.7 Å². The molecule has 4 heterocycles. The van der Waals surface area contributed by atoms with Crippen LogP contribution in [0.1, 0.15) is 43.5 Å². The number of piperidine rings is 1. The molecular formula is C26H34ClN7O. The molecule has 2 aromatic heterocycles. The molecule has 3 aromatic rings. The number of hydrogen-bond acceptors (Lipinski definition) is 6. The van der Waals surface area contributed by atoms with E-state index >= 15 is 0 Å². The van der Waals surface area contributed by atoms with Crippen LogP contribution in [0.3, 0.4) is 0 Å². The maximum Gasteiger partial charge on any atom is 0.224 e. The molecule has 2 saturated heterocycles. The summed E-state index contributed by atoms with van der Waals surface area (Å²) in [6.45, 7) is 9.71. The summed E-state index contributed by atoms with van der Waals surface area (Å²) in [6, 6.07) is 7.65. The van der Waals surface area contributed by atoms with Gasteiger partial charge in [-0.25, -0.2) is 4.68 Å². The first kappa shape index (κ1) is 24.0. The summed E-state index contributed by atoms with van der Waals surface area (Å²) < 4.78 is 1.93. The number of likely N-dealkylation sites (tertiary alicyclic amines) is 1. The molecule has 1 N–H and O–H groups in total. The number of nitrogens with one attached hydrogen (secondary N) is 1. The second-order valence-electron chi connectivity index (χ2n) is 9.78. The molecule has 0 aliphatic carbocycles. The number of nitrogens with zero attached hydrogens (tertiary/aromatic N) is 6. The number of benzene rings is 1. The highest BCUT2D eigenvalue weighted by molar-refractivity contribution is 6.30. The van der Waals surface area contributed by atoms with Gasteiger partial charge < -0.3 is 15.1 Å². The lowest BCUT2D eigenvalue weighted by molar-refractivity contribution is -0.125. The molecule has 1 atom stereocenters. The number of carbonyl (C=O) groups excluding carboxylic acids is 1. The standard InChI is InChI=1S/C26H34ClN7O/c1-18-23-19(2)34(22-10-8-21(27)9-11-22)31-24(23)25(30-29-18)33-16-5-7-20(17-33)26(35)28-12-6-15-32-13-3-4-14-32/h8-11,20H,3-7,12-17H2,1-2H3,(H,28,35)/t20-/m1/s1. The third-order valence-electron chi connectivity index (χ3n) is 7.30. The van der Waals surface area contributed by atoms with Gasteiger partial charge in [0.15, 0.2) is 5.82 Å². The molecule has 2 fully saturated rings. The number of aryl methyl sites for hydroxylation is 2. The van der Waals surface area contributed by atoms with Gasteiger partial charge in [-0.15, -0.1) is 5.10 Å². The van der Waals surface area contributed by atoms with Crippen LogP contribution >= 0.6 is 11.6 Å². The lowest BCUT2D eigenvalue weighted by Crippen LogP contribution is -2.44. The van der Waals surface area contributed by atoms with E-state index in [-0.39, 0.29) is 11.8 Å². The normalized spacial score (nSPS) is 18.9. The second-order valence-corrected chi connectivity index (χ2v) is 10.2. The van der Waals surface area contributed by atoms with Crippen molar-refractivity contribution in [2.75, 3.05) is 44.2 Å². The van der Waals surface area contributed by atoms with Gasteiger partial charge >= 0.3 is 0 Å². The first-order valence-corrected chi connectivity index (χ1v) is 13.1. The molecule has 5 rings (SSSR count). The molecule has 1 amide bonds. The van der Waals surface area contributed by atoms with Crippen LogP contribution in [0.25, 0.3) is 16.6 Å². The van der Waals surface area contributed by atoms with E-state index in [1.54, 1.807) is 0 Å². The summed E-state index contributed by atoms with van der Waals surface area (Å²) in [7, 11) is 0. The highest BCUT2D eigenvalue weighted by atomic mass is 35.5. The molecule has 9 heteroatoms. The first-order valence-electron chi connectivity index (χ1n) is 12.7. The van der Waals surface area contributed by atoms with Crippen molar-refractivity contribution < 1.29 is 4.79 Å². The lowest BCUT2D eigenvalue weighted by Gasteiger charge is -2.32. The summed E-state index contributed by atoms with van der Waals surface area (Å²) in [6.07, 6.45) is 5.45. The van der Waals surface area contributed by atoms with Gasteiger partial charge in [-0.1, -0.05) is 11.6 Å². The van der Waals surface area contributed by atoms with Crippen molar-refractivity contribution in [3.8, 4) is 5.69 Å². The fourth-order valence-electron chi connectivity index (χ4n) is 5.41. The molecule has 1 aromatic carbocycles. The van der Waals surface area contributed by atoms with Crippen molar-refractivity contribution in [3.05, 3.63) is 40.7 Å². The van der Waals surface area contributed by atoms with Crippen LogP contribution in [0.5, 0.6) is 0 Å². The molecule has 0 radical (unpaired) electrons. The van der Waals surface area contributed by atoms with Crippen molar-refractivity contribution in [1.82, 2.24) is 30.2 Å². The molecule has 0 bridgehead atoms. The third kappa shape index (κ3) is 5.14. The minimum absolute atomic E-state index is 0.0480. The van der Waals surface area contributed by atoms with Gasteiger partial charge in [0, 0.05) is 24.7 Å². The molecule has 186 valence electrons. The highest BCUT2D eigenvalue weighted by Crippen LogP contribution is 2.31. The zero-order valence-electron chi connectivity index (χ0n) is 20.6. The Bertz CT molecular complexity index is 1190. The largest absolute Gasteiger partial charge is 0.356 e. The topological polar surface area (TPSA) is 79.2 Å². The average molecular weight is 496 g/mol. The van der Waals surface area contributed by atoms with Crippen LogP contribution in [0, 0.1) is 19.8 Å². The zero-order chi connectivity index (χ0) is 24.4. The molecule has 0 unspecified atom stereocenters. The average Bonchev–Trinajstić information content (AvgIpc) is 3.51. The van der Waals surface area contributed by atoms with Gasteiger partial charge in [0.25, 0.3) is 0 Å². The number of amides is 1. The van der Waals surface area contributed by atoms with Gasteiger partial charge in [0.2, 0.25) is 5.91 Å². The van der Waals surface area contributed by atoms with Gasteiger partial charge in [0.1, 0.15) is 5.52 Å². The molecule has 0 saturated carbocycles. The molecule has 35 heavy (non-hydrogen) atoms. The quantitative estimate of drug-likeness (QED) is 0.501. The molecule has 2 aliphatic heterocycles. The summed E-state index contributed by atoms with van der Waals surface area (Å²) >= 11 is 6.09. The van der Waals surface area contributed by atoms with E-state index in [9.17, 15) is 4.79 Å². The van der Waals surface area contributed by atoms with E-state index in [0.29, 0.717) is 11.6 Å². The number of fused-ring (bicyclic) bond motifs is 1. The van der Waals surface area contributed by atoms with Crippen LogP contribution in [0.4, 0.5) is 5.82 Å². The number of hydrogen-bond donors (Lipinski definition) is 1. The molecule has 8 nitrogen and oxygen atoms in total. The number of anilines is 1. The maximum atomic E-state index is 12.9. The summed E-state index contributed by atoms with van der Waals surface area (Å²) in [4.78, 5) is 17.6. The number of aromatic nitrogens is 4. The van der Waals surface area contributed by atoms with Gasteiger partial charge in [-0.2, -0.15) is 10.2 Å². The van der Waals surface area contributed by atoms with Crippen LogP contribution in [0.2, 0.25) is 5.02 Å². The number of rotatable bonds is 7. The Morgan fingerprint density at radius 3 is 2.63 bits per heavy atom. The SMILES string of the molecule is Cc1nnc(N2CCC[C@@H](C(=O)NCCCN3CCCC3)C2)c2nn(-c3ccc(Cl)cc3)c(C)c12. The summed E-state index contributed by atoms with van der Waals surface area (Å²) in [5, 5.41) is 18.8. The van der Waals surface area contributed by atoms with Crippen LogP contribution in [-0.4, -0.2) is 70.1 Å². The van der Waals surface area contributed by atoms with Gasteiger partial charge in [0.05, 0.1) is 28.4 Å². The minimum atomic E-state index is -0.0480. The number of halogens is 1. The maximum absolute atomic E-state index is 12.9. The Labute approximate surface area is 211 Å². The van der Waals surface area contributed by atoms with Crippen LogP contribution in [0.15, 0.2) is 24.3 Å². The summed E-state index contributed by atoms with van der Waals surface area (Å²) in [5.74, 6) is 0.858. The van der Waals surface area contributed by atoms with E-state index in [1.165, 1.54) is 25.9 Å². The Hall–Kier alpha value is -2.71. The fourth-order valence-corrected chi connectivity index (χ4v) is 5.53. The predicted molar refractivity (Wildman–Crippen MR) is 139 cm³/mol. The molecular weight excluding hydrogens is 462 g/mol. The minimum Gasteiger partial charge on any atom is -0.356 e. The van der Waals surface area contributed by atoms with Crippen LogP contribution < -0.4 is 10.2 Å². The smallest absolute Gasteiger partial charge is 0.224 e. The molecule has 2 aliphatic rings. The van der Waals surface area contributed by atoms with Crippen LogP contribution in [-0.2, 0) is 4.79 Å². The highest BCUT2D eigenvalue weighted by Gasteiger charge is 2.29. The first-order chi connectivity index (χ1) is 17.0. The lowest BCUT2D eigenvalue weighted by atomic mass is 9.97. The van der Waals surface area contributed by atoms with Crippen molar-refractivity contribution in [3.63, 3.8) is 0 Å². The number of carbonyl (C=O) groups is 1. The zero-order valence-corrected chi connectivity index (χ0v) is 21.4. The van der Waals surface area contributed by atoms with Crippen molar-refractivity contribution >= 4 is 34.2 Å². The molecule has 0 spiro atoms. The Morgan fingerprint density at radius 1 is 1.09 bits per heavy atom. The second kappa shape index (κ2) is 10.5. The van der Waals surface area contributed by atoms with E-state index in [0.717, 1.165) is 72.7 Å². The van der Waals surface area contributed by atoms with Crippen molar-refractivity contribution in [2.45, 2.75) is 46.0 Å². The summed E-state index contributed by atoms with van der Waals surface area (Å²) in [5.41, 5.74) is 3.64. The van der Waals surface area contributed by atoms with E-state index < -0.39 is 0 Å². The van der Waals surface area contributed by atoms with E-state index in [2.05, 4.69) is 32.2 Å². The van der Waals surface area contributed by atoms with Crippen molar-refractivity contribution in [1.29, 1.82) is 0 Å². The monoisotopic (exact) mass is 495 g/mol. The fraction of sp³-hybridized carbons (Fsp3) is 0.538. The Balaban J connectivity index is 1.31. The third-order valence-corrected chi connectivity index (χ3v) is 7.55.